The predicted octanol–water partition coefficient (Wildman–Crippen LogP) is 1.81. The normalized spacial score (nSPS) is 16.5. The number of amides is 4. The molecule has 0 bridgehead atoms. The second-order valence-corrected chi connectivity index (χ2v) is 6.35. The molecule has 0 radical (unpaired) electrons. The van der Waals surface area contributed by atoms with Crippen molar-refractivity contribution in [3.8, 4) is 0 Å². The van der Waals surface area contributed by atoms with E-state index in [-0.39, 0.29) is 18.4 Å². The lowest BCUT2D eigenvalue weighted by Crippen LogP contribution is -2.41. The van der Waals surface area contributed by atoms with E-state index in [9.17, 15) is 14.4 Å². The van der Waals surface area contributed by atoms with Crippen LogP contribution in [0.4, 0.5) is 4.79 Å². The van der Waals surface area contributed by atoms with Crippen LogP contribution in [0.5, 0.6) is 0 Å². The SMILES string of the molecule is CN(Cc1ccccc1)C(=O)CN1C(=O)N[C@H](Cc2ccccc2)C1=O. The van der Waals surface area contributed by atoms with Crippen molar-refractivity contribution in [3.05, 3.63) is 71.8 Å². The van der Waals surface area contributed by atoms with Gasteiger partial charge in [0.05, 0.1) is 0 Å². The lowest BCUT2D eigenvalue weighted by molar-refractivity contribution is -0.136. The van der Waals surface area contributed by atoms with E-state index in [0.29, 0.717) is 13.0 Å². The first kappa shape index (κ1) is 17.7. The maximum Gasteiger partial charge on any atom is 0.325 e. The number of benzene rings is 2. The summed E-state index contributed by atoms with van der Waals surface area (Å²) in [7, 11) is 1.66. The fourth-order valence-corrected chi connectivity index (χ4v) is 2.92. The van der Waals surface area contributed by atoms with E-state index >= 15 is 0 Å². The molecule has 26 heavy (non-hydrogen) atoms. The molecular formula is C20H21N3O3. The zero-order chi connectivity index (χ0) is 18.5. The predicted molar refractivity (Wildman–Crippen MR) is 97.1 cm³/mol. The third kappa shape index (κ3) is 4.08. The monoisotopic (exact) mass is 351 g/mol. The van der Waals surface area contributed by atoms with Crippen LogP contribution in [0.15, 0.2) is 60.7 Å². The number of hydrogen-bond donors (Lipinski definition) is 1. The number of urea groups is 1. The van der Waals surface area contributed by atoms with Gasteiger partial charge in [-0.25, -0.2) is 4.79 Å². The van der Waals surface area contributed by atoms with Crippen LogP contribution in [0.3, 0.4) is 0 Å². The minimum atomic E-state index is -0.628. The van der Waals surface area contributed by atoms with Gasteiger partial charge in [0, 0.05) is 20.0 Å². The van der Waals surface area contributed by atoms with Crippen LogP contribution < -0.4 is 5.32 Å². The Balaban J connectivity index is 1.59. The van der Waals surface area contributed by atoms with Crippen molar-refractivity contribution in [1.29, 1.82) is 0 Å². The van der Waals surface area contributed by atoms with Crippen LogP contribution in [-0.4, -0.2) is 47.3 Å². The second kappa shape index (κ2) is 7.82. The summed E-state index contributed by atoms with van der Waals surface area (Å²) in [6.45, 7) is 0.177. The molecule has 1 fully saturated rings. The molecule has 1 aliphatic rings. The van der Waals surface area contributed by atoms with Crippen molar-refractivity contribution >= 4 is 17.8 Å². The van der Waals surface area contributed by atoms with Crippen LogP contribution in [0.2, 0.25) is 0 Å². The molecule has 1 heterocycles. The van der Waals surface area contributed by atoms with Gasteiger partial charge in [0.25, 0.3) is 5.91 Å². The maximum atomic E-state index is 12.5. The summed E-state index contributed by atoms with van der Waals surface area (Å²) >= 11 is 0. The van der Waals surface area contributed by atoms with Crippen molar-refractivity contribution in [2.75, 3.05) is 13.6 Å². The van der Waals surface area contributed by atoms with E-state index in [4.69, 9.17) is 0 Å². The standard InChI is InChI=1S/C20H21N3O3/c1-22(13-16-10-6-3-7-11-16)18(24)14-23-19(25)17(21-20(23)26)12-15-8-4-2-5-9-15/h2-11,17H,12-14H2,1H3,(H,21,26)/t17-/m1/s1. The Morgan fingerprint density at radius 1 is 1.00 bits per heavy atom. The maximum absolute atomic E-state index is 12.5. The first-order valence-corrected chi connectivity index (χ1v) is 8.48. The third-order valence-corrected chi connectivity index (χ3v) is 4.37. The average Bonchev–Trinajstić information content (AvgIpc) is 2.90. The van der Waals surface area contributed by atoms with E-state index in [1.807, 2.05) is 60.7 Å². The van der Waals surface area contributed by atoms with Crippen LogP contribution in [0.1, 0.15) is 11.1 Å². The number of carbonyl (C=O) groups is 3. The smallest absolute Gasteiger partial charge is 0.325 e. The lowest BCUT2D eigenvalue weighted by Gasteiger charge is -2.20. The Bertz CT molecular complexity index is 792. The highest BCUT2D eigenvalue weighted by Gasteiger charge is 2.39. The summed E-state index contributed by atoms with van der Waals surface area (Å²) in [5.74, 6) is -0.641. The summed E-state index contributed by atoms with van der Waals surface area (Å²) in [6, 6.07) is 17.9. The average molecular weight is 351 g/mol. The molecule has 0 aliphatic carbocycles. The summed E-state index contributed by atoms with van der Waals surface area (Å²) in [4.78, 5) is 39.6. The Morgan fingerprint density at radius 2 is 1.58 bits per heavy atom. The molecule has 4 amide bonds. The minimum absolute atomic E-state index is 0.251. The molecule has 6 nitrogen and oxygen atoms in total. The first-order valence-electron chi connectivity index (χ1n) is 8.48. The van der Waals surface area contributed by atoms with Gasteiger partial charge in [0.2, 0.25) is 5.91 Å². The third-order valence-electron chi connectivity index (χ3n) is 4.37. The molecule has 0 unspecified atom stereocenters. The Hall–Kier alpha value is -3.15. The highest BCUT2D eigenvalue weighted by atomic mass is 16.2. The van der Waals surface area contributed by atoms with Gasteiger partial charge in [-0.1, -0.05) is 60.7 Å². The first-order chi connectivity index (χ1) is 12.5. The van der Waals surface area contributed by atoms with Crippen molar-refractivity contribution in [2.24, 2.45) is 0 Å². The van der Waals surface area contributed by atoms with E-state index in [1.54, 1.807) is 7.05 Å². The summed E-state index contributed by atoms with van der Waals surface area (Å²) in [6.07, 6.45) is 0.413. The number of imide groups is 1. The molecule has 6 heteroatoms. The van der Waals surface area contributed by atoms with Gasteiger partial charge in [0.1, 0.15) is 12.6 Å². The summed E-state index contributed by atoms with van der Waals surface area (Å²) < 4.78 is 0. The fraction of sp³-hybridized carbons (Fsp3) is 0.250. The highest BCUT2D eigenvalue weighted by molar-refractivity contribution is 6.06. The number of likely N-dealkylation sites (N-methyl/N-ethyl adjacent to an activating group) is 1. The molecule has 134 valence electrons. The lowest BCUT2D eigenvalue weighted by atomic mass is 10.1. The van der Waals surface area contributed by atoms with E-state index < -0.39 is 12.1 Å². The molecule has 1 aliphatic heterocycles. The van der Waals surface area contributed by atoms with E-state index in [1.165, 1.54) is 4.90 Å². The molecule has 1 saturated heterocycles. The molecule has 3 rings (SSSR count). The minimum Gasteiger partial charge on any atom is -0.340 e. The zero-order valence-corrected chi connectivity index (χ0v) is 14.6. The Morgan fingerprint density at radius 3 is 2.19 bits per heavy atom. The molecule has 2 aromatic rings. The van der Waals surface area contributed by atoms with Gasteiger partial charge >= 0.3 is 6.03 Å². The Labute approximate surface area is 152 Å². The quantitative estimate of drug-likeness (QED) is 0.807. The molecule has 0 spiro atoms. The fourth-order valence-electron chi connectivity index (χ4n) is 2.92. The van der Waals surface area contributed by atoms with Crippen LogP contribution >= 0.6 is 0 Å². The summed E-state index contributed by atoms with van der Waals surface area (Å²) in [5, 5.41) is 2.66. The van der Waals surface area contributed by atoms with Crippen molar-refractivity contribution in [1.82, 2.24) is 15.1 Å². The van der Waals surface area contributed by atoms with Gasteiger partial charge in [-0.2, -0.15) is 0 Å². The van der Waals surface area contributed by atoms with Crippen molar-refractivity contribution < 1.29 is 14.4 Å². The molecule has 1 N–H and O–H groups in total. The van der Waals surface area contributed by atoms with Gasteiger partial charge in [-0.05, 0) is 11.1 Å². The molecule has 1 atom stereocenters. The van der Waals surface area contributed by atoms with Crippen LogP contribution in [-0.2, 0) is 22.6 Å². The number of hydrogen-bond acceptors (Lipinski definition) is 3. The van der Waals surface area contributed by atoms with Crippen LogP contribution in [0.25, 0.3) is 0 Å². The number of nitrogens with one attached hydrogen (secondary N) is 1. The van der Waals surface area contributed by atoms with E-state index in [0.717, 1.165) is 16.0 Å². The molecule has 0 saturated carbocycles. The zero-order valence-electron chi connectivity index (χ0n) is 14.6. The van der Waals surface area contributed by atoms with Gasteiger partial charge in [-0.3, -0.25) is 14.5 Å². The highest BCUT2D eigenvalue weighted by Crippen LogP contribution is 2.13. The second-order valence-electron chi connectivity index (χ2n) is 6.35. The molecular weight excluding hydrogens is 330 g/mol. The van der Waals surface area contributed by atoms with Crippen molar-refractivity contribution in [3.63, 3.8) is 0 Å². The van der Waals surface area contributed by atoms with E-state index in [2.05, 4.69) is 5.32 Å². The Kier molecular flexibility index (Phi) is 5.31. The molecule has 0 aromatic heterocycles. The van der Waals surface area contributed by atoms with Gasteiger partial charge < -0.3 is 10.2 Å². The number of rotatable bonds is 6. The van der Waals surface area contributed by atoms with Gasteiger partial charge in [-0.15, -0.1) is 0 Å². The van der Waals surface area contributed by atoms with Gasteiger partial charge in [0.15, 0.2) is 0 Å². The van der Waals surface area contributed by atoms with Crippen molar-refractivity contribution in [2.45, 2.75) is 19.0 Å². The number of carbonyl (C=O) groups excluding carboxylic acids is 3. The molecule has 2 aromatic carbocycles. The largest absolute Gasteiger partial charge is 0.340 e. The topological polar surface area (TPSA) is 69.7 Å². The van der Waals surface area contributed by atoms with Crippen LogP contribution in [0, 0.1) is 0 Å². The number of nitrogens with zero attached hydrogens (tertiary/aromatic N) is 2. The summed E-state index contributed by atoms with van der Waals surface area (Å²) in [5.41, 5.74) is 1.95.